The molecule has 20 heavy (non-hydrogen) atoms. The number of sulfonamides is 1. The second kappa shape index (κ2) is 6.58. The Morgan fingerprint density at radius 3 is 2.65 bits per heavy atom. The summed E-state index contributed by atoms with van der Waals surface area (Å²) >= 11 is 8.66. The minimum absolute atomic E-state index is 0.350. The van der Waals surface area contributed by atoms with E-state index in [1.165, 1.54) is 15.6 Å². The van der Waals surface area contributed by atoms with Crippen LogP contribution in [0.2, 0.25) is 0 Å². The summed E-state index contributed by atoms with van der Waals surface area (Å²) in [6, 6.07) is 5.60. The van der Waals surface area contributed by atoms with Gasteiger partial charge in [-0.1, -0.05) is 13.0 Å². The van der Waals surface area contributed by atoms with Crippen LogP contribution in [0.4, 0.5) is 0 Å². The normalized spacial score (nSPS) is 12.2. The van der Waals surface area contributed by atoms with Crippen molar-refractivity contribution in [1.82, 2.24) is 4.31 Å². The predicted molar refractivity (Wildman–Crippen MR) is 86.2 cm³/mol. The molecule has 0 radical (unpaired) electrons. The lowest BCUT2D eigenvalue weighted by Crippen LogP contribution is -2.29. The van der Waals surface area contributed by atoms with E-state index in [9.17, 15) is 8.42 Å². The zero-order valence-electron chi connectivity index (χ0n) is 11.3. The maximum absolute atomic E-state index is 12.7. The summed E-state index contributed by atoms with van der Waals surface area (Å²) in [5.41, 5.74) is 0.941. The molecule has 0 fully saturated rings. The molecule has 0 bridgehead atoms. The predicted octanol–water partition coefficient (Wildman–Crippen LogP) is 4.07. The summed E-state index contributed by atoms with van der Waals surface area (Å²) in [5.74, 6) is 0.350. The molecule has 3 nitrogen and oxygen atoms in total. The average molecular weight is 350 g/mol. The van der Waals surface area contributed by atoms with E-state index < -0.39 is 10.0 Å². The highest BCUT2D eigenvalue weighted by Crippen LogP contribution is 2.30. The Balaban J connectivity index is 2.31. The van der Waals surface area contributed by atoms with E-state index in [-0.39, 0.29) is 0 Å². The van der Waals surface area contributed by atoms with Gasteiger partial charge in [0.15, 0.2) is 0 Å². The van der Waals surface area contributed by atoms with Crippen LogP contribution in [0.25, 0.3) is 0 Å². The SMILES string of the molecule is CCN(Cc1cccs1)S(=O)(=O)c1cc(C)c(CCl)s1. The molecule has 0 aliphatic carbocycles. The fourth-order valence-electron chi connectivity index (χ4n) is 1.82. The monoisotopic (exact) mass is 349 g/mol. The molecule has 2 rings (SSSR count). The maximum atomic E-state index is 12.7. The third-order valence-corrected chi connectivity index (χ3v) is 7.87. The summed E-state index contributed by atoms with van der Waals surface area (Å²) in [5, 5.41) is 1.96. The molecule has 0 saturated carbocycles. The van der Waals surface area contributed by atoms with Crippen LogP contribution in [0.1, 0.15) is 22.2 Å². The molecule has 0 aliphatic rings. The lowest BCUT2D eigenvalue weighted by molar-refractivity contribution is 0.428. The molecule has 0 aromatic carbocycles. The van der Waals surface area contributed by atoms with Crippen molar-refractivity contribution in [3.63, 3.8) is 0 Å². The molecule has 0 spiro atoms. The first-order valence-corrected chi connectivity index (χ1v) is 9.84. The quantitative estimate of drug-likeness (QED) is 0.737. The van der Waals surface area contributed by atoms with Crippen LogP contribution >= 0.6 is 34.3 Å². The molecule has 2 aromatic heterocycles. The lowest BCUT2D eigenvalue weighted by Gasteiger charge is -2.18. The Kier molecular flexibility index (Phi) is 5.25. The standard InChI is InChI=1S/C13H16ClNO2S3/c1-3-15(9-11-5-4-6-18-11)20(16,17)13-7-10(2)12(8-14)19-13/h4-7H,3,8-9H2,1-2H3. The van der Waals surface area contributed by atoms with Gasteiger partial charge in [-0.05, 0) is 30.0 Å². The third-order valence-electron chi connectivity index (χ3n) is 2.98. The number of thiophene rings is 2. The van der Waals surface area contributed by atoms with Gasteiger partial charge in [-0.15, -0.1) is 34.3 Å². The van der Waals surface area contributed by atoms with Gasteiger partial charge in [0.25, 0.3) is 10.0 Å². The molecule has 0 N–H and O–H groups in total. The summed E-state index contributed by atoms with van der Waals surface area (Å²) in [6.07, 6.45) is 0. The summed E-state index contributed by atoms with van der Waals surface area (Å²) in [6.45, 7) is 4.62. The molecule has 0 aliphatic heterocycles. The van der Waals surface area contributed by atoms with E-state index >= 15 is 0 Å². The number of hydrogen-bond acceptors (Lipinski definition) is 4. The summed E-state index contributed by atoms with van der Waals surface area (Å²) in [7, 11) is -3.44. The minimum atomic E-state index is -3.44. The fraction of sp³-hybridized carbons (Fsp3) is 0.385. The number of halogens is 1. The van der Waals surface area contributed by atoms with E-state index in [2.05, 4.69) is 0 Å². The first-order chi connectivity index (χ1) is 9.48. The van der Waals surface area contributed by atoms with Gasteiger partial charge in [-0.25, -0.2) is 8.42 Å². The van der Waals surface area contributed by atoms with Gasteiger partial charge in [-0.2, -0.15) is 4.31 Å². The zero-order valence-corrected chi connectivity index (χ0v) is 14.5. The first-order valence-electron chi connectivity index (χ1n) is 6.16. The average Bonchev–Trinajstić information content (AvgIpc) is 3.04. The molecule has 0 unspecified atom stereocenters. The summed E-state index contributed by atoms with van der Waals surface area (Å²) in [4.78, 5) is 1.96. The van der Waals surface area contributed by atoms with Crippen LogP contribution < -0.4 is 0 Å². The highest BCUT2D eigenvalue weighted by molar-refractivity contribution is 7.91. The van der Waals surface area contributed by atoms with Crippen molar-refractivity contribution in [2.45, 2.75) is 30.5 Å². The van der Waals surface area contributed by atoms with Crippen molar-refractivity contribution in [3.8, 4) is 0 Å². The Hall–Kier alpha value is -0.400. The molecule has 2 heterocycles. The van der Waals surface area contributed by atoms with Crippen molar-refractivity contribution in [2.24, 2.45) is 0 Å². The Morgan fingerprint density at radius 1 is 1.40 bits per heavy atom. The van der Waals surface area contributed by atoms with Crippen LogP contribution in [0.15, 0.2) is 27.8 Å². The van der Waals surface area contributed by atoms with Gasteiger partial charge in [0.1, 0.15) is 4.21 Å². The van der Waals surface area contributed by atoms with Gasteiger partial charge in [-0.3, -0.25) is 0 Å². The Bertz CT molecular complexity index is 662. The van der Waals surface area contributed by atoms with Gasteiger partial charge in [0.2, 0.25) is 0 Å². The maximum Gasteiger partial charge on any atom is 0.252 e. The Morgan fingerprint density at radius 2 is 2.15 bits per heavy atom. The zero-order chi connectivity index (χ0) is 14.8. The number of aryl methyl sites for hydroxylation is 1. The number of alkyl halides is 1. The largest absolute Gasteiger partial charge is 0.252 e. The number of hydrogen-bond donors (Lipinski definition) is 0. The first kappa shape index (κ1) is 16.0. The van der Waals surface area contributed by atoms with Gasteiger partial charge < -0.3 is 0 Å². The second-order valence-electron chi connectivity index (χ2n) is 4.32. The fourth-order valence-corrected chi connectivity index (χ4v) is 6.02. The van der Waals surface area contributed by atoms with Gasteiger partial charge >= 0.3 is 0 Å². The van der Waals surface area contributed by atoms with E-state index in [0.29, 0.717) is 23.2 Å². The van der Waals surface area contributed by atoms with Crippen LogP contribution in [0.5, 0.6) is 0 Å². The van der Waals surface area contributed by atoms with Crippen molar-refractivity contribution in [3.05, 3.63) is 38.9 Å². The second-order valence-corrected chi connectivity index (χ2v) is 8.92. The Labute approximate surface area is 132 Å². The van der Waals surface area contributed by atoms with E-state index in [0.717, 1.165) is 15.3 Å². The highest BCUT2D eigenvalue weighted by atomic mass is 35.5. The summed E-state index contributed by atoms with van der Waals surface area (Å²) < 4.78 is 27.2. The van der Waals surface area contributed by atoms with Crippen molar-refractivity contribution in [2.75, 3.05) is 6.54 Å². The smallest absolute Gasteiger partial charge is 0.206 e. The van der Waals surface area contributed by atoms with Crippen LogP contribution in [0, 0.1) is 6.92 Å². The van der Waals surface area contributed by atoms with Crippen LogP contribution in [-0.4, -0.2) is 19.3 Å². The van der Waals surface area contributed by atoms with Crippen molar-refractivity contribution < 1.29 is 8.42 Å². The molecule has 0 amide bonds. The molecule has 0 saturated heterocycles. The molecule has 0 atom stereocenters. The van der Waals surface area contributed by atoms with E-state index in [4.69, 9.17) is 11.6 Å². The van der Waals surface area contributed by atoms with Crippen LogP contribution in [-0.2, 0) is 22.4 Å². The highest BCUT2D eigenvalue weighted by Gasteiger charge is 2.26. The van der Waals surface area contributed by atoms with Gasteiger partial charge in [0.05, 0.1) is 5.88 Å². The van der Waals surface area contributed by atoms with E-state index in [1.807, 2.05) is 31.4 Å². The van der Waals surface area contributed by atoms with E-state index in [1.54, 1.807) is 17.4 Å². The molecular formula is C13H16ClNO2S3. The van der Waals surface area contributed by atoms with Gasteiger partial charge in [0, 0.05) is 22.8 Å². The van der Waals surface area contributed by atoms with Crippen molar-refractivity contribution >= 4 is 44.3 Å². The molecule has 110 valence electrons. The molecule has 2 aromatic rings. The third kappa shape index (κ3) is 3.26. The van der Waals surface area contributed by atoms with Crippen LogP contribution in [0.3, 0.4) is 0 Å². The lowest BCUT2D eigenvalue weighted by atomic mass is 10.3. The molecular weight excluding hydrogens is 334 g/mol. The molecule has 7 heteroatoms. The topological polar surface area (TPSA) is 37.4 Å². The van der Waals surface area contributed by atoms with Crippen molar-refractivity contribution in [1.29, 1.82) is 0 Å². The number of rotatable bonds is 6. The minimum Gasteiger partial charge on any atom is -0.206 e. The number of nitrogens with zero attached hydrogens (tertiary/aromatic N) is 1.